The molecule has 1 heterocycles. The van der Waals surface area contributed by atoms with Crippen molar-refractivity contribution in [1.82, 2.24) is 4.98 Å². The van der Waals surface area contributed by atoms with Gasteiger partial charge in [-0.15, -0.1) is 0 Å². The van der Waals surface area contributed by atoms with E-state index in [1.54, 1.807) is 6.20 Å². The Morgan fingerprint density at radius 3 is 2.72 bits per heavy atom. The molecule has 0 aliphatic heterocycles. The standard InChI is InChI=1S/C14H18BrN3/c1-4-18(9(2)3)14-11-7-10(15)5-6-13(11)17-8-12(14)16/h5-9H,4,16H2,1-3H3. The smallest absolute Gasteiger partial charge is 0.0745 e. The minimum atomic E-state index is 0.405. The Kier molecular flexibility index (Phi) is 3.76. The van der Waals surface area contributed by atoms with Gasteiger partial charge >= 0.3 is 0 Å². The first kappa shape index (κ1) is 13.1. The van der Waals surface area contributed by atoms with Gasteiger partial charge in [-0.25, -0.2) is 0 Å². The van der Waals surface area contributed by atoms with Crippen LogP contribution >= 0.6 is 15.9 Å². The maximum absolute atomic E-state index is 6.13. The van der Waals surface area contributed by atoms with Crippen molar-refractivity contribution in [2.75, 3.05) is 17.2 Å². The third kappa shape index (κ3) is 2.29. The van der Waals surface area contributed by atoms with Crippen LogP contribution < -0.4 is 10.6 Å². The highest BCUT2D eigenvalue weighted by atomic mass is 79.9. The summed E-state index contributed by atoms with van der Waals surface area (Å²) in [4.78, 5) is 6.68. The summed E-state index contributed by atoms with van der Waals surface area (Å²) in [6.45, 7) is 7.41. The predicted octanol–water partition coefficient (Wildman–Crippen LogP) is 3.81. The number of benzene rings is 1. The lowest BCUT2D eigenvalue weighted by molar-refractivity contribution is 0.707. The van der Waals surface area contributed by atoms with Gasteiger partial charge in [0.15, 0.2) is 0 Å². The fraction of sp³-hybridized carbons (Fsp3) is 0.357. The van der Waals surface area contributed by atoms with E-state index in [1.165, 1.54) is 0 Å². The van der Waals surface area contributed by atoms with E-state index in [0.717, 1.165) is 33.3 Å². The molecule has 0 unspecified atom stereocenters. The number of nitrogen functional groups attached to an aromatic ring is 1. The van der Waals surface area contributed by atoms with Gasteiger partial charge in [0.1, 0.15) is 0 Å². The van der Waals surface area contributed by atoms with Crippen molar-refractivity contribution in [1.29, 1.82) is 0 Å². The molecule has 2 aromatic rings. The van der Waals surface area contributed by atoms with Crippen molar-refractivity contribution in [3.05, 3.63) is 28.9 Å². The Morgan fingerprint density at radius 1 is 1.39 bits per heavy atom. The molecule has 96 valence electrons. The van der Waals surface area contributed by atoms with Gasteiger partial charge in [0.2, 0.25) is 0 Å². The molecule has 0 radical (unpaired) electrons. The van der Waals surface area contributed by atoms with E-state index in [0.29, 0.717) is 6.04 Å². The predicted molar refractivity (Wildman–Crippen MR) is 82.0 cm³/mol. The summed E-state index contributed by atoms with van der Waals surface area (Å²) in [6.07, 6.45) is 1.75. The van der Waals surface area contributed by atoms with Gasteiger partial charge in [0, 0.05) is 22.4 Å². The van der Waals surface area contributed by atoms with Gasteiger partial charge in [-0.3, -0.25) is 4.98 Å². The van der Waals surface area contributed by atoms with Crippen LogP contribution in [0.15, 0.2) is 28.9 Å². The second kappa shape index (κ2) is 5.14. The first-order chi connectivity index (χ1) is 8.54. The average Bonchev–Trinajstić information content (AvgIpc) is 2.32. The zero-order valence-corrected chi connectivity index (χ0v) is 12.5. The van der Waals surface area contributed by atoms with Crippen LogP contribution in [-0.2, 0) is 0 Å². The van der Waals surface area contributed by atoms with Crippen LogP contribution in [0.2, 0.25) is 0 Å². The van der Waals surface area contributed by atoms with E-state index in [2.05, 4.69) is 52.7 Å². The summed E-state index contributed by atoms with van der Waals surface area (Å²) >= 11 is 3.51. The van der Waals surface area contributed by atoms with Gasteiger partial charge in [0.05, 0.1) is 23.1 Å². The topological polar surface area (TPSA) is 42.1 Å². The largest absolute Gasteiger partial charge is 0.396 e. The number of nitrogens with two attached hydrogens (primary N) is 1. The number of hydrogen-bond acceptors (Lipinski definition) is 3. The summed E-state index contributed by atoms with van der Waals surface area (Å²) in [7, 11) is 0. The number of pyridine rings is 1. The number of aromatic nitrogens is 1. The van der Waals surface area contributed by atoms with Gasteiger partial charge in [0.25, 0.3) is 0 Å². The Bertz CT molecular complexity index is 561. The molecule has 0 spiro atoms. The van der Waals surface area contributed by atoms with Gasteiger partial charge in [-0.05, 0) is 39.0 Å². The summed E-state index contributed by atoms with van der Waals surface area (Å²) in [5, 5.41) is 1.10. The molecular weight excluding hydrogens is 290 g/mol. The summed E-state index contributed by atoms with van der Waals surface area (Å²) < 4.78 is 1.04. The Balaban J connectivity index is 2.74. The molecule has 18 heavy (non-hydrogen) atoms. The lowest BCUT2D eigenvalue weighted by Crippen LogP contribution is -2.31. The maximum atomic E-state index is 6.13. The molecule has 3 nitrogen and oxygen atoms in total. The molecule has 2 rings (SSSR count). The number of anilines is 2. The van der Waals surface area contributed by atoms with Crippen molar-refractivity contribution in [2.45, 2.75) is 26.8 Å². The van der Waals surface area contributed by atoms with Crippen LogP contribution in [0.5, 0.6) is 0 Å². The van der Waals surface area contributed by atoms with E-state index >= 15 is 0 Å². The number of rotatable bonds is 3. The lowest BCUT2D eigenvalue weighted by Gasteiger charge is -2.29. The van der Waals surface area contributed by atoms with E-state index in [1.807, 2.05) is 12.1 Å². The molecule has 0 saturated carbocycles. The van der Waals surface area contributed by atoms with Crippen LogP contribution in [0.1, 0.15) is 20.8 Å². The molecule has 0 aliphatic rings. The molecule has 0 atom stereocenters. The Hall–Kier alpha value is -1.29. The zero-order chi connectivity index (χ0) is 13.3. The minimum Gasteiger partial charge on any atom is -0.396 e. The Morgan fingerprint density at radius 2 is 2.11 bits per heavy atom. The quantitative estimate of drug-likeness (QED) is 0.937. The monoisotopic (exact) mass is 307 g/mol. The normalized spacial score (nSPS) is 11.2. The highest BCUT2D eigenvalue weighted by molar-refractivity contribution is 9.10. The van der Waals surface area contributed by atoms with Gasteiger partial charge < -0.3 is 10.6 Å². The number of nitrogens with zero attached hydrogens (tertiary/aromatic N) is 2. The van der Waals surface area contributed by atoms with Crippen LogP contribution in [0.4, 0.5) is 11.4 Å². The van der Waals surface area contributed by atoms with Crippen molar-refractivity contribution in [3.8, 4) is 0 Å². The fourth-order valence-corrected chi connectivity index (χ4v) is 2.63. The van der Waals surface area contributed by atoms with Crippen molar-refractivity contribution in [3.63, 3.8) is 0 Å². The third-order valence-corrected chi connectivity index (χ3v) is 3.57. The van der Waals surface area contributed by atoms with Crippen LogP contribution in [0.3, 0.4) is 0 Å². The maximum Gasteiger partial charge on any atom is 0.0745 e. The number of fused-ring (bicyclic) bond motifs is 1. The van der Waals surface area contributed by atoms with Crippen LogP contribution in [0, 0.1) is 0 Å². The molecule has 0 bridgehead atoms. The third-order valence-electron chi connectivity index (χ3n) is 3.08. The second-order valence-electron chi connectivity index (χ2n) is 4.60. The van der Waals surface area contributed by atoms with Crippen molar-refractivity contribution in [2.24, 2.45) is 0 Å². The summed E-state index contributed by atoms with van der Waals surface area (Å²) in [5.41, 5.74) is 8.92. The van der Waals surface area contributed by atoms with Gasteiger partial charge in [-0.2, -0.15) is 0 Å². The summed E-state index contributed by atoms with van der Waals surface area (Å²) in [6, 6.07) is 6.50. The highest BCUT2D eigenvalue weighted by Crippen LogP contribution is 2.34. The first-order valence-electron chi connectivity index (χ1n) is 6.15. The molecule has 0 amide bonds. The molecule has 4 heteroatoms. The summed E-state index contributed by atoms with van der Waals surface area (Å²) in [5.74, 6) is 0. The minimum absolute atomic E-state index is 0.405. The lowest BCUT2D eigenvalue weighted by atomic mass is 10.1. The van der Waals surface area contributed by atoms with E-state index in [4.69, 9.17) is 5.73 Å². The number of hydrogen-bond donors (Lipinski definition) is 1. The van der Waals surface area contributed by atoms with Crippen LogP contribution in [-0.4, -0.2) is 17.6 Å². The molecule has 1 aromatic carbocycles. The second-order valence-corrected chi connectivity index (χ2v) is 5.52. The number of halogens is 1. The van der Waals surface area contributed by atoms with E-state index in [-0.39, 0.29) is 0 Å². The average molecular weight is 308 g/mol. The van der Waals surface area contributed by atoms with E-state index in [9.17, 15) is 0 Å². The van der Waals surface area contributed by atoms with Gasteiger partial charge in [-0.1, -0.05) is 15.9 Å². The van der Waals surface area contributed by atoms with E-state index < -0.39 is 0 Å². The van der Waals surface area contributed by atoms with Crippen molar-refractivity contribution < 1.29 is 0 Å². The van der Waals surface area contributed by atoms with Crippen molar-refractivity contribution >= 4 is 38.2 Å². The van der Waals surface area contributed by atoms with Crippen LogP contribution in [0.25, 0.3) is 10.9 Å². The molecule has 0 fully saturated rings. The zero-order valence-electron chi connectivity index (χ0n) is 10.9. The molecular formula is C14H18BrN3. The molecule has 2 N–H and O–H groups in total. The molecule has 1 aromatic heterocycles. The molecule has 0 saturated heterocycles. The SMILES string of the molecule is CCN(c1c(N)cnc2ccc(Br)cc12)C(C)C. The highest BCUT2D eigenvalue weighted by Gasteiger charge is 2.15. The first-order valence-corrected chi connectivity index (χ1v) is 6.94. The fourth-order valence-electron chi connectivity index (χ4n) is 2.27. The molecule has 0 aliphatic carbocycles. The Labute approximate surface area is 116 Å².